The SMILES string of the molecule is CC(c1nc(-c2ccccc2)no1)N1CCN(Cc2nnn(C)n2)CC1. The highest BCUT2D eigenvalue weighted by molar-refractivity contribution is 5.53. The zero-order valence-electron chi connectivity index (χ0n) is 15.0. The standard InChI is InChI=1S/C17H22N8O/c1-13(17-18-16(21-26-17)14-6-4-3-5-7-14)25-10-8-24(9-11-25)12-15-19-22-23(2)20-15/h3-7,13H,8-12H2,1-2H3. The zero-order chi connectivity index (χ0) is 17.9. The lowest BCUT2D eigenvalue weighted by atomic mass is 10.2. The van der Waals surface area contributed by atoms with Crippen molar-refractivity contribution in [1.29, 1.82) is 0 Å². The van der Waals surface area contributed by atoms with Gasteiger partial charge >= 0.3 is 0 Å². The minimum atomic E-state index is 0.0942. The second-order valence-electron chi connectivity index (χ2n) is 6.51. The first-order chi connectivity index (χ1) is 12.7. The highest BCUT2D eigenvalue weighted by Crippen LogP contribution is 2.23. The van der Waals surface area contributed by atoms with Crippen molar-refractivity contribution in [3.8, 4) is 11.4 Å². The summed E-state index contributed by atoms with van der Waals surface area (Å²) in [5, 5.41) is 16.3. The van der Waals surface area contributed by atoms with Crippen LogP contribution in [0.25, 0.3) is 11.4 Å². The molecule has 0 N–H and O–H groups in total. The molecule has 3 heterocycles. The molecule has 1 aliphatic heterocycles. The molecule has 1 unspecified atom stereocenters. The molecule has 4 rings (SSSR count). The minimum Gasteiger partial charge on any atom is -0.337 e. The van der Waals surface area contributed by atoms with Gasteiger partial charge in [-0.3, -0.25) is 9.80 Å². The van der Waals surface area contributed by atoms with E-state index in [4.69, 9.17) is 4.52 Å². The van der Waals surface area contributed by atoms with E-state index in [1.54, 1.807) is 7.05 Å². The van der Waals surface area contributed by atoms with Crippen LogP contribution in [0.1, 0.15) is 24.7 Å². The Bertz CT molecular complexity index is 837. The first-order valence-electron chi connectivity index (χ1n) is 8.77. The molecule has 26 heavy (non-hydrogen) atoms. The fourth-order valence-corrected chi connectivity index (χ4v) is 3.16. The third kappa shape index (κ3) is 3.63. The third-order valence-electron chi connectivity index (χ3n) is 4.70. The van der Waals surface area contributed by atoms with E-state index in [0.29, 0.717) is 11.7 Å². The Morgan fingerprint density at radius 2 is 1.88 bits per heavy atom. The lowest BCUT2D eigenvalue weighted by Gasteiger charge is -2.36. The Morgan fingerprint density at radius 3 is 2.58 bits per heavy atom. The van der Waals surface area contributed by atoms with Crippen molar-refractivity contribution in [1.82, 2.24) is 40.1 Å². The van der Waals surface area contributed by atoms with Crippen LogP contribution in [0.15, 0.2) is 34.9 Å². The van der Waals surface area contributed by atoms with Crippen molar-refractivity contribution in [2.24, 2.45) is 7.05 Å². The van der Waals surface area contributed by atoms with E-state index in [2.05, 4.69) is 42.3 Å². The summed E-state index contributed by atoms with van der Waals surface area (Å²) in [4.78, 5) is 10.8. The molecule has 2 aromatic heterocycles. The minimum absolute atomic E-state index is 0.0942. The second-order valence-corrected chi connectivity index (χ2v) is 6.51. The van der Waals surface area contributed by atoms with Gasteiger partial charge in [0.1, 0.15) is 0 Å². The van der Waals surface area contributed by atoms with Crippen molar-refractivity contribution in [3.63, 3.8) is 0 Å². The molecule has 0 amide bonds. The van der Waals surface area contributed by atoms with Crippen LogP contribution in [0, 0.1) is 0 Å². The van der Waals surface area contributed by atoms with Crippen LogP contribution < -0.4 is 0 Å². The molecule has 1 aromatic carbocycles. The average Bonchev–Trinajstić information content (AvgIpc) is 3.32. The monoisotopic (exact) mass is 354 g/mol. The van der Waals surface area contributed by atoms with Gasteiger partial charge in [-0.1, -0.05) is 35.5 Å². The van der Waals surface area contributed by atoms with Crippen LogP contribution >= 0.6 is 0 Å². The number of aryl methyl sites for hydroxylation is 1. The maximum atomic E-state index is 5.51. The van der Waals surface area contributed by atoms with Crippen molar-refractivity contribution < 1.29 is 4.52 Å². The van der Waals surface area contributed by atoms with Gasteiger partial charge in [-0.05, 0) is 12.1 Å². The van der Waals surface area contributed by atoms with Gasteiger partial charge < -0.3 is 4.52 Å². The lowest BCUT2D eigenvalue weighted by Crippen LogP contribution is -2.46. The van der Waals surface area contributed by atoms with Crippen LogP contribution in [-0.2, 0) is 13.6 Å². The fourth-order valence-electron chi connectivity index (χ4n) is 3.16. The smallest absolute Gasteiger partial charge is 0.244 e. The van der Waals surface area contributed by atoms with Crippen LogP contribution in [0.5, 0.6) is 0 Å². The van der Waals surface area contributed by atoms with Gasteiger partial charge in [0.2, 0.25) is 11.7 Å². The van der Waals surface area contributed by atoms with Gasteiger partial charge in [-0.15, -0.1) is 10.2 Å². The molecule has 0 saturated carbocycles. The highest BCUT2D eigenvalue weighted by Gasteiger charge is 2.26. The number of nitrogens with zero attached hydrogens (tertiary/aromatic N) is 8. The Labute approximate surface area is 151 Å². The van der Waals surface area contributed by atoms with Crippen molar-refractivity contribution >= 4 is 0 Å². The Morgan fingerprint density at radius 1 is 1.12 bits per heavy atom. The van der Waals surface area contributed by atoms with Gasteiger partial charge in [0.15, 0.2) is 5.82 Å². The summed E-state index contributed by atoms with van der Waals surface area (Å²) >= 11 is 0. The average molecular weight is 354 g/mol. The lowest BCUT2D eigenvalue weighted by molar-refractivity contribution is 0.0831. The number of benzene rings is 1. The molecule has 0 bridgehead atoms. The Hall–Kier alpha value is -2.65. The molecule has 0 radical (unpaired) electrons. The molecule has 136 valence electrons. The van der Waals surface area contributed by atoms with E-state index >= 15 is 0 Å². The maximum absolute atomic E-state index is 5.51. The highest BCUT2D eigenvalue weighted by atomic mass is 16.5. The Kier molecular flexibility index (Phi) is 4.72. The summed E-state index contributed by atoms with van der Waals surface area (Å²) in [6.07, 6.45) is 0. The summed E-state index contributed by atoms with van der Waals surface area (Å²) in [6.45, 7) is 6.61. The molecule has 3 aromatic rings. The van der Waals surface area contributed by atoms with Crippen molar-refractivity contribution in [3.05, 3.63) is 42.0 Å². The predicted octanol–water partition coefficient (Wildman–Crippen LogP) is 1.14. The van der Waals surface area contributed by atoms with Gasteiger partial charge in [0, 0.05) is 31.7 Å². The van der Waals surface area contributed by atoms with Crippen LogP contribution in [0.2, 0.25) is 0 Å². The molecule has 0 spiro atoms. The predicted molar refractivity (Wildman–Crippen MR) is 93.8 cm³/mol. The number of piperazine rings is 1. The molecule has 0 aliphatic carbocycles. The van der Waals surface area contributed by atoms with Gasteiger partial charge in [0.25, 0.3) is 0 Å². The summed E-state index contributed by atoms with van der Waals surface area (Å²) in [5.41, 5.74) is 0.969. The van der Waals surface area contributed by atoms with Crippen molar-refractivity contribution in [2.45, 2.75) is 19.5 Å². The number of rotatable bonds is 5. The largest absolute Gasteiger partial charge is 0.337 e. The first kappa shape index (κ1) is 16.8. The summed E-state index contributed by atoms with van der Waals surface area (Å²) in [5.74, 6) is 2.06. The number of hydrogen-bond donors (Lipinski definition) is 0. The van der Waals surface area contributed by atoms with Crippen LogP contribution in [0.4, 0.5) is 0 Å². The quantitative estimate of drug-likeness (QED) is 0.674. The third-order valence-corrected chi connectivity index (χ3v) is 4.70. The van der Waals surface area contributed by atoms with Crippen LogP contribution in [0.3, 0.4) is 0 Å². The van der Waals surface area contributed by atoms with Gasteiger partial charge in [0.05, 0.1) is 19.6 Å². The first-order valence-corrected chi connectivity index (χ1v) is 8.77. The molecule has 1 atom stereocenters. The van der Waals surface area contributed by atoms with Gasteiger partial charge in [-0.25, -0.2) is 0 Å². The number of hydrogen-bond acceptors (Lipinski definition) is 8. The Balaban J connectivity index is 1.35. The molecule has 1 aliphatic rings. The van der Waals surface area contributed by atoms with E-state index in [0.717, 1.165) is 44.1 Å². The van der Waals surface area contributed by atoms with Crippen molar-refractivity contribution in [2.75, 3.05) is 26.2 Å². The molecular formula is C17H22N8O. The topological polar surface area (TPSA) is 89.0 Å². The number of tetrazole rings is 1. The van der Waals surface area contributed by atoms with Gasteiger partial charge in [-0.2, -0.15) is 9.78 Å². The van der Waals surface area contributed by atoms with E-state index in [9.17, 15) is 0 Å². The maximum Gasteiger partial charge on any atom is 0.244 e. The van der Waals surface area contributed by atoms with E-state index in [1.165, 1.54) is 4.80 Å². The van der Waals surface area contributed by atoms with E-state index in [1.807, 2.05) is 30.3 Å². The molecule has 1 fully saturated rings. The van der Waals surface area contributed by atoms with E-state index in [-0.39, 0.29) is 6.04 Å². The number of aromatic nitrogens is 6. The van der Waals surface area contributed by atoms with E-state index < -0.39 is 0 Å². The second kappa shape index (κ2) is 7.30. The molecular weight excluding hydrogens is 332 g/mol. The summed E-state index contributed by atoms with van der Waals surface area (Å²) < 4.78 is 5.51. The zero-order valence-corrected chi connectivity index (χ0v) is 15.0. The molecule has 9 nitrogen and oxygen atoms in total. The normalized spacial score (nSPS) is 17.5. The molecule has 9 heteroatoms. The molecule has 1 saturated heterocycles. The van der Waals surface area contributed by atoms with Crippen LogP contribution in [-0.4, -0.2) is 66.3 Å². The fraction of sp³-hybridized carbons (Fsp3) is 0.471. The summed E-state index contributed by atoms with van der Waals surface area (Å²) in [6, 6.07) is 9.98. The summed E-state index contributed by atoms with van der Waals surface area (Å²) in [7, 11) is 1.78.